The van der Waals surface area contributed by atoms with Gasteiger partial charge in [-0.3, -0.25) is 9.69 Å². The smallest absolute Gasteiger partial charge is 0.330 e. The van der Waals surface area contributed by atoms with Crippen molar-refractivity contribution in [3.63, 3.8) is 0 Å². The van der Waals surface area contributed by atoms with Gasteiger partial charge in [0.15, 0.2) is 5.11 Å². The Hall–Kier alpha value is -3.65. The van der Waals surface area contributed by atoms with Crippen LogP contribution in [0.1, 0.15) is 36.1 Å². The molecule has 11 heteroatoms. The molecule has 0 N–H and O–H groups in total. The summed E-state index contributed by atoms with van der Waals surface area (Å²) in [5.41, 5.74) is -1.74. The average Bonchev–Trinajstić information content (AvgIpc) is 3.37. The quantitative estimate of drug-likeness (QED) is 0.426. The minimum Gasteiger partial charge on any atom is -0.330 e. The third-order valence-electron chi connectivity index (χ3n) is 5.73. The van der Waals surface area contributed by atoms with E-state index in [9.17, 15) is 22.4 Å². The van der Waals surface area contributed by atoms with Crippen molar-refractivity contribution in [3.8, 4) is 6.07 Å². The number of halogens is 4. The maximum Gasteiger partial charge on any atom is 0.417 e. The lowest BCUT2D eigenvalue weighted by molar-refractivity contribution is -0.137. The molecule has 4 rings (SSSR count). The van der Waals surface area contributed by atoms with Crippen molar-refractivity contribution in [2.75, 3.05) is 11.4 Å². The number of alkyl halides is 3. The SMILES string of the molecule is CC1(C)C(=O)N(c2ccc(C#N)c(C(F)(F)F)c2)C(=S)N1Cc1ccc(C2=CCN=N2)cc1F. The van der Waals surface area contributed by atoms with Crippen LogP contribution in [0, 0.1) is 17.1 Å². The second-order valence-corrected chi connectivity index (χ2v) is 8.59. The van der Waals surface area contributed by atoms with E-state index in [-0.39, 0.29) is 22.9 Å². The number of amides is 1. The van der Waals surface area contributed by atoms with Gasteiger partial charge in [-0.2, -0.15) is 28.7 Å². The lowest BCUT2D eigenvalue weighted by Gasteiger charge is -2.29. The third-order valence-corrected chi connectivity index (χ3v) is 6.14. The van der Waals surface area contributed by atoms with Crippen LogP contribution in [0.5, 0.6) is 0 Å². The van der Waals surface area contributed by atoms with E-state index in [4.69, 9.17) is 17.5 Å². The topological polar surface area (TPSA) is 72.1 Å². The lowest BCUT2D eigenvalue weighted by Crippen LogP contribution is -2.43. The summed E-state index contributed by atoms with van der Waals surface area (Å²) in [5.74, 6) is -1.10. The maximum atomic E-state index is 14.9. The molecule has 0 unspecified atom stereocenters. The highest BCUT2D eigenvalue weighted by Crippen LogP contribution is 2.38. The molecule has 0 spiro atoms. The number of rotatable bonds is 4. The number of anilines is 1. The normalized spacial score (nSPS) is 17.4. The van der Waals surface area contributed by atoms with Crippen molar-refractivity contribution in [3.05, 3.63) is 70.5 Å². The van der Waals surface area contributed by atoms with Crippen LogP contribution in [0.15, 0.2) is 52.7 Å². The summed E-state index contributed by atoms with van der Waals surface area (Å²) in [6.45, 7) is 3.47. The van der Waals surface area contributed by atoms with Crippen molar-refractivity contribution in [2.24, 2.45) is 10.2 Å². The highest BCUT2D eigenvalue weighted by Gasteiger charge is 2.50. The van der Waals surface area contributed by atoms with Gasteiger partial charge in [-0.1, -0.05) is 12.1 Å². The van der Waals surface area contributed by atoms with Crippen LogP contribution in [0.4, 0.5) is 23.2 Å². The van der Waals surface area contributed by atoms with E-state index in [0.717, 1.165) is 17.0 Å². The summed E-state index contributed by atoms with van der Waals surface area (Å²) >= 11 is 5.45. The first kappa shape index (κ1) is 23.5. The molecule has 2 aliphatic rings. The molecule has 2 aromatic carbocycles. The highest BCUT2D eigenvalue weighted by molar-refractivity contribution is 7.80. The zero-order chi connectivity index (χ0) is 24.8. The summed E-state index contributed by atoms with van der Waals surface area (Å²) < 4.78 is 55.2. The molecule has 174 valence electrons. The predicted molar refractivity (Wildman–Crippen MR) is 120 cm³/mol. The Morgan fingerprint density at radius 2 is 1.94 bits per heavy atom. The summed E-state index contributed by atoms with van der Waals surface area (Å²) in [6, 6.07) is 9.00. The molecular weight excluding hydrogens is 470 g/mol. The van der Waals surface area contributed by atoms with E-state index >= 15 is 0 Å². The van der Waals surface area contributed by atoms with E-state index in [2.05, 4.69) is 10.2 Å². The van der Waals surface area contributed by atoms with Gasteiger partial charge in [0.25, 0.3) is 5.91 Å². The summed E-state index contributed by atoms with van der Waals surface area (Å²) in [5, 5.41) is 16.7. The minimum atomic E-state index is -4.79. The largest absolute Gasteiger partial charge is 0.417 e. The van der Waals surface area contributed by atoms with E-state index in [1.54, 1.807) is 32.1 Å². The van der Waals surface area contributed by atoms with Crippen LogP contribution in [0.3, 0.4) is 0 Å². The average molecular weight is 487 g/mol. The fourth-order valence-electron chi connectivity index (χ4n) is 3.80. The van der Waals surface area contributed by atoms with Crippen molar-refractivity contribution in [1.82, 2.24) is 4.90 Å². The summed E-state index contributed by atoms with van der Waals surface area (Å²) in [6.07, 6.45) is -3.03. The molecule has 34 heavy (non-hydrogen) atoms. The number of nitriles is 1. The third kappa shape index (κ3) is 3.94. The molecule has 0 saturated carbocycles. The van der Waals surface area contributed by atoms with Gasteiger partial charge in [-0.05, 0) is 56.4 Å². The molecule has 2 heterocycles. The Morgan fingerprint density at radius 3 is 2.53 bits per heavy atom. The molecule has 0 aromatic heterocycles. The van der Waals surface area contributed by atoms with Gasteiger partial charge < -0.3 is 4.90 Å². The number of carbonyl (C=O) groups is 1. The van der Waals surface area contributed by atoms with Crippen LogP contribution in [0.25, 0.3) is 5.70 Å². The second kappa shape index (κ2) is 8.29. The van der Waals surface area contributed by atoms with Gasteiger partial charge in [-0.25, -0.2) is 4.39 Å². The molecule has 1 saturated heterocycles. The van der Waals surface area contributed by atoms with Crippen molar-refractivity contribution in [2.45, 2.75) is 32.1 Å². The summed E-state index contributed by atoms with van der Waals surface area (Å²) in [7, 11) is 0. The second-order valence-electron chi connectivity index (χ2n) is 8.23. The van der Waals surface area contributed by atoms with Crippen LogP contribution in [0.2, 0.25) is 0 Å². The molecule has 0 atom stereocenters. The van der Waals surface area contributed by atoms with E-state index in [1.165, 1.54) is 23.1 Å². The molecule has 1 fully saturated rings. The molecule has 2 aromatic rings. The van der Waals surface area contributed by atoms with Gasteiger partial charge in [0.2, 0.25) is 0 Å². The molecule has 0 bridgehead atoms. The van der Waals surface area contributed by atoms with Crippen LogP contribution < -0.4 is 4.90 Å². The van der Waals surface area contributed by atoms with Gasteiger partial charge in [-0.15, -0.1) is 0 Å². The summed E-state index contributed by atoms with van der Waals surface area (Å²) in [4.78, 5) is 15.6. The maximum absolute atomic E-state index is 14.9. The van der Waals surface area contributed by atoms with E-state index in [0.29, 0.717) is 17.8 Å². The van der Waals surface area contributed by atoms with Crippen LogP contribution >= 0.6 is 12.2 Å². The lowest BCUT2D eigenvalue weighted by atomic mass is 10.0. The molecular formula is C23H17F4N5OS. The Morgan fingerprint density at radius 1 is 1.21 bits per heavy atom. The van der Waals surface area contributed by atoms with Gasteiger partial charge >= 0.3 is 6.18 Å². The van der Waals surface area contributed by atoms with Crippen LogP contribution in [-0.4, -0.2) is 28.0 Å². The number of benzene rings is 2. The van der Waals surface area contributed by atoms with Gasteiger partial charge in [0.05, 0.1) is 35.1 Å². The van der Waals surface area contributed by atoms with Crippen molar-refractivity contribution < 1.29 is 22.4 Å². The number of thiocarbonyl (C=S) groups is 1. The van der Waals surface area contributed by atoms with Crippen molar-refractivity contribution >= 4 is 34.6 Å². The van der Waals surface area contributed by atoms with Gasteiger partial charge in [0, 0.05) is 17.7 Å². The Balaban J connectivity index is 1.67. The molecule has 0 aliphatic carbocycles. The first-order valence-corrected chi connectivity index (χ1v) is 10.5. The fourth-order valence-corrected chi connectivity index (χ4v) is 4.28. The zero-order valence-corrected chi connectivity index (χ0v) is 18.8. The van der Waals surface area contributed by atoms with Crippen LogP contribution in [-0.2, 0) is 17.5 Å². The Kier molecular flexibility index (Phi) is 5.73. The minimum absolute atomic E-state index is 0.0661. The first-order chi connectivity index (χ1) is 15.9. The number of carbonyl (C=O) groups excluding carboxylic acids is 1. The standard InChI is InChI=1S/C23H17F4N5OS/c1-22(2)20(33)32(16-6-5-14(11-28)17(10-16)23(25,26)27)21(34)31(22)12-15-4-3-13(9-18(15)24)19-7-8-29-30-19/h3-7,9-10H,8,12H2,1-2H3. The number of hydrogen-bond acceptors (Lipinski definition) is 5. The number of nitrogens with zero attached hydrogens (tertiary/aromatic N) is 5. The Labute approximate surface area is 197 Å². The van der Waals surface area contributed by atoms with Gasteiger partial charge in [0.1, 0.15) is 11.4 Å². The molecule has 6 nitrogen and oxygen atoms in total. The number of azo groups is 1. The molecule has 0 radical (unpaired) electrons. The first-order valence-electron chi connectivity index (χ1n) is 10.1. The number of hydrogen-bond donors (Lipinski definition) is 0. The molecule has 1 amide bonds. The van der Waals surface area contributed by atoms with Crippen molar-refractivity contribution in [1.29, 1.82) is 5.26 Å². The molecule has 2 aliphatic heterocycles. The monoisotopic (exact) mass is 487 g/mol. The van der Waals surface area contributed by atoms with E-state index < -0.39 is 34.6 Å². The fraction of sp³-hybridized carbons (Fsp3) is 0.261. The highest BCUT2D eigenvalue weighted by atomic mass is 32.1. The predicted octanol–water partition coefficient (Wildman–Crippen LogP) is 5.44. The zero-order valence-electron chi connectivity index (χ0n) is 18.0. The van der Waals surface area contributed by atoms with E-state index in [1.807, 2.05) is 0 Å². The Bertz CT molecular complexity index is 1310.